The smallest absolute Gasteiger partial charge is 0.399 e. The lowest BCUT2D eigenvalue weighted by molar-refractivity contribution is 0.00578. The highest BCUT2D eigenvalue weighted by Crippen LogP contribution is 2.36. The Bertz CT molecular complexity index is 427. The molecule has 2 rings (SSSR count). The average molecular weight is 262 g/mol. The predicted octanol–water partition coefficient (Wildman–Crippen LogP) is 2.52. The van der Waals surface area contributed by atoms with Gasteiger partial charge in [-0.2, -0.15) is 0 Å². The van der Waals surface area contributed by atoms with E-state index in [0.29, 0.717) is 13.2 Å². The Morgan fingerprint density at radius 2 is 1.63 bits per heavy atom. The van der Waals surface area contributed by atoms with Crippen LogP contribution < -0.4 is 5.46 Å². The molecule has 0 unspecified atom stereocenters. The second-order valence-electron chi connectivity index (χ2n) is 5.92. The van der Waals surface area contributed by atoms with Gasteiger partial charge in [-0.25, -0.2) is 0 Å². The van der Waals surface area contributed by atoms with Crippen molar-refractivity contribution in [3.63, 3.8) is 0 Å². The summed E-state index contributed by atoms with van der Waals surface area (Å²) in [4.78, 5) is 0. The Hall–Kier alpha value is -0.835. The molecule has 104 valence electrons. The first-order chi connectivity index (χ1) is 8.87. The number of benzene rings is 1. The Morgan fingerprint density at radius 1 is 1.05 bits per heavy atom. The highest BCUT2D eigenvalue weighted by molar-refractivity contribution is 6.62. The molecule has 0 atom stereocenters. The summed E-state index contributed by atoms with van der Waals surface area (Å²) < 4.78 is 17.7. The molecule has 1 fully saturated rings. The summed E-state index contributed by atoms with van der Waals surface area (Å²) in [5, 5.41) is 0. The lowest BCUT2D eigenvalue weighted by Gasteiger charge is -2.32. The minimum absolute atomic E-state index is 0.309. The number of hydrogen-bond donors (Lipinski definition) is 0. The normalized spacial score (nSPS) is 20.8. The van der Waals surface area contributed by atoms with Gasteiger partial charge in [-0.15, -0.1) is 0 Å². The zero-order valence-electron chi connectivity index (χ0n) is 12.5. The van der Waals surface area contributed by atoms with Crippen molar-refractivity contribution in [1.82, 2.24) is 0 Å². The molecule has 1 heterocycles. The van der Waals surface area contributed by atoms with Crippen molar-refractivity contribution in [3.8, 4) is 0 Å². The average Bonchev–Trinajstić information content (AvgIpc) is 2.56. The lowest BCUT2D eigenvalue weighted by atomic mass is 9.76. The fourth-order valence-corrected chi connectivity index (χ4v) is 2.08. The predicted molar refractivity (Wildman–Crippen MR) is 77.5 cm³/mol. The Balaban J connectivity index is 2.24. The van der Waals surface area contributed by atoms with Crippen molar-refractivity contribution >= 4 is 12.6 Å². The highest BCUT2D eigenvalue weighted by Gasteiger charge is 2.52. The molecule has 0 aromatic heterocycles. The molecule has 0 aliphatic carbocycles. The van der Waals surface area contributed by atoms with Gasteiger partial charge in [-0.05, 0) is 45.6 Å². The molecular weight excluding hydrogens is 239 g/mol. The van der Waals surface area contributed by atoms with Gasteiger partial charge in [0.05, 0.1) is 17.8 Å². The molecule has 1 aliphatic rings. The molecule has 19 heavy (non-hydrogen) atoms. The van der Waals surface area contributed by atoms with Gasteiger partial charge in [-0.1, -0.05) is 24.3 Å². The molecule has 1 saturated heterocycles. The lowest BCUT2D eigenvalue weighted by Crippen LogP contribution is -2.41. The van der Waals surface area contributed by atoms with E-state index in [0.717, 1.165) is 11.0 Å². The molecule has 0 radical (unpaired) electrons. The first-order valence-electron chi connectivity index (χ1n) is 6.88. The summed E-state index contributed by atoms with van der Waals surface area (Å²) in [7, 11) is -0.318. The molecule has 1 aliphatic heterocycles. The van der Waals surface area contributed by atoms with Crippen LogP contribution in [-0.4, -0.2) is 24.9 Å². The molecule has 1 aromatic rings. The van der Waals surface area contributed by atoms with Gasteiger partial charge in [0.15, 0.2) is 0 Å². The highest BCUT2D eigenvalue weighted by atomic mass is 16.7. The molecule has 0 bridgehead atoms. The summed E-state index contributed by atoms with van der Waals surface area (Å²) in [5.74, 6) is 0. The SMILES string of the molecule is CCOCc1ccccc1B1OC(C)(C)C(C)(C)O1. The van der Waals surface area contributed by atoms with E-state index in [4.69, 9.17) is 14.0 Å². The molecule has 0 amide bonds. The van der Waals surface area contributed by atoms with Crippen LogP contribution in [0.5, 0.6) is 0 Å². The van der Waals surface area contributed by atoms with Crippen LogP contribution >= 0.6 is 0 Å². The quantitative estimate of drug-likeness (QED) is 0.780. The molecule has 0 N–H and O–H groups in total. The number of hydrogen-bond acceptors (Lipinski definition) is 3. The first-order valence-corrected chi connectivity index (χ1v) is 6.88. The summed E-state index contributed by atoms with van der Waals surface area (Å²) in [6, 6.07) is 8.14. The van der Waals surface area contributed by atoms with Crippen LogP contribution in [0.2, 0.25) is 0 Å². The maximum atomic E-state index is 6.09. The maximum absolute atomic E-state index is 6.09. The van der Waals surface area contributed by atoms with Crippen molar-refractivity contribution in [3.05, 3.63) is 29.8 Å². The van der Waals surface area contributed by atoms with E-state index in [1.165, 1.54) is 0 Å². The first kappa shape index (κ1) is 14.6. The third-order valence-corrected chi connectivity index (χ3v) is 4.02. The monoisotopic (exact) mass is 262 g/mol. The van der Waals surface area contributed by atoms with Crippen LogP contribution in [0, 0.1) is 0 Å². The second kappa shape index (κ2) is 5.27. The van der Waals surface area contributed by atoms with Gasteiger partial charge in [-0.3, -0.25) is 0 Å². The minimum Gasteiger partial charge on any atom is -0.399 e. The van der Waals surface area contributed by atoms with Crippen LogP contribution in [0.25, 0.3) is 0 Å². The summed E-state index contributed by atoms with van der Waals surface area (Å²) in [6.45, 7) is 11.6. The fourth-order valence-electron chi connectivity index (χ4n) is 2.08. The van der Waals surface area contributed by atoms with Crippen LogP contribution in [0.1, 0.15) is 40.2 Å². The van der Waals surface area contributed by atoms with Crippen LogP contribution in [0.3, 0.4) is 0 Å². The zero-order valence-corrected chi connectivity index (χ0v) is 12.5. The minimum atomic E-state index is -0.318. The van der Waals surface area contributed by atoms with Gasteiger partial charge in [0.2, 0.25) is 0 Å². The molecule has 1 aromatic carbocycles. The Labute approximate surface area is 116 Å². The topological polar surface area (TPSA) is 27.7 Å². The van der Waals surface area contributed by atoms with Gasteiger partial charge in [0, 0.05) is 6.61 Å². The molecule has 4 heteroatoms. The van der Waals surface area contributed by atoms with Gasteiger partial charge in [0.25, 0.3) is 0 Å². The summed E-state index contributed by atoms with van der Waals surface area (Å²) in [6.07, 6.45) is 0. The van der Waals surface area contributed by atoms with E-state index in [-0.39, 0.29) is 18.3 Å². The zero-order chi connectivity index (χ0) is 14.1. The van der Waals surface area contributed by atoms with Crippen LogP contribution in [0.4, 0.5) is 0 Å². The second-order valence-corrected chi connectivity index (χ2v) is 5.92. The van der Waals surface area contributed by atoms with Crippen molar-refractivity contribution in [1.29, 1.82) is 0 Å². The van der Waals surface area contributed by atoms with Crippen molar-refractivity contribution in [2.45, 2.75) is 52.4 Å². The van der Waals surface area contributed by atoms with Gasteiger partial charge in [0.1, 0.15) is 0 Å². The molecule has 0 saturated carbocycles. The van der Waals surface area contributed by atoms with E-state index in [9.17, 15) is 0 Å². The van der Waals surface area contributed by atoms with E-state index >= 15 is 0 Å². The molecule has 3 nitrogen and oxygen atoms in total. The third-order valence-electron chi connectivity index (χ3n) is 4.02. The third kappa shape index (κ3) is 2.86. The number of rotatable bonds is 4. The van der Waals surface area contributed by atoms with E-state index < -0.39 is 0 Å². The molecular formula is C15H23BO3. The molecule has 0 spiro atoms. The van der Waals surface area contributed by atoms with E-state index in [2.05, 4.69) is 39.8 Å². The maximum Gasteiger partial charge on any atom is 0.495 e. The van der Waals surface area contributed by atoms with E-state index in [1.807, 2.05) is 19.1 Å². The van der Waals surface area contributed by atoms with E-state index in [1.54, 1.807) is 0 Å². The van der Waals surface area contributed by atoms with Crippen molar-refractivity contribution in [2.75, 3.05) is 6.61 Å². The van der Waals surface area contributed by atoms with Gasteiger partial charge >= 0.3 is 7.12 Å². The fraction of sp³-hybridized carbons (Fsp3) is 0.600. The summed E-state index contributed by atoms with van der Waals surface area (Å²) >= 11 is 0. The van der Waals surface area contributed by atoms with Crippen LogP contribution in [0.15, 0.2) is 24.3 Å². The Kier molecular flexibility index (Phi) is 4.04. The Morgan fingerprint density at radius 3 is 2.21 bits per heavy atom. The standard InChI is InChI=1S/C15H23BO3/c1-6-17-11-12-9-7-8-10-13(12)16-18-14(2,3)15(4,5)19-16/h7-10H,6,11H2,1-5H3. The largest absolute Gasteiger partial charge is 0.495 e. The van der Waals surface area contributed by atoms with Crippen molar-refractivity contribution < 1.29 is 14.0 Å². The van der Waals surface area contributed by atoms with Gasteiger partial charge < -0.3 is 14.0 Å². The number of ether oxygens (including phenoxy) is 1. The van der Waals surface area contributed by atoms with Crippen molar-refractivity contribution in [2.24, 2.45) is 0 Å². The van der Waals surface area contributed by atoms with Crippen LogP contribution in [-0.2, 0) is 20.7 Å². The summed E-state index contributed by atoms with van der Waals surface area (Å²) in [5.41, 5.74) is 1.57.